The summed E-state index contributed by atoms with van der Waals surface area (Å²) in [7, 11) is -4.39. The maximum Gasteiger partial charge on any atom is 0.301 e. The summed E-state index contributed by atoms with van der Waals surface area (Å²) < 4.78 is 49.6. The van der Waals surface area contributed by atoms with Crippen LogP contribution in [0.15, 0.2) is 80.8 Å². The van der Waals surface area contributed by atoms with Gasteiger partial charge in [0.1, 0.15) is 23.7 Å². The molecule has 3 atom stereocenters. The van der Waals surface area contributed by atoms with Crippen LogP contribution in [0.2, 0.25) is 0 Å². The summed E-state index contributed by atoms with van der Waals surface area (Å²) in [5.41, 5.74) is 3.77. The number of amides is 1. The van der Waals surface area contributed by atoms with Gasteiger partial charge in [-0.25, -0.2) is 19.4 Å². The molecule has 0 radical (unpaired) electrons. The molecule has 9 nitrogen and oxygen atoms in total. The van der Waals surface area contributed by atoms with E-state index in [1.54, 1.807) is 12.3 Å². The summed E-state index contributed by atoms with van der Waals surface area (Å²) in [6.07, 6.45) is 13.3. The molecule has 0 fully saturated rings. The summed E-state index contributed by atoms with van der Waals surface area (Å²) in [5, 5.41) is 3.87. The Morgan fingerprint density at radius 3 is 2.56 bits per heavy atom. The number of hydrogen-bond donors (Lipinski definition) is 2. The first kappa shape index (κ1) is 27.0. The quantitative estimate of drug-likeness (QED) is 0.342. The van der Waals surface area contributed by atoms with Crippen molar-refractivity contribution >= 4 is 74.1 Å². The predicted octanol–water partition coefficient (Wildman–Crippen LogP) is 3.73. The number of amidine groups is 1. The van der Waals surface area contributed by atoms with Gasteiger partial charge in [0.2, 0.25) is 0 Å². The number of rotatable bonds is 2. The van der Waals surface area contributed by atoms with Crippen molar-refractivity contribution in [2.75, 3.05) is 0 Å². The minimum absolute atomic E-state index is 0.238. The number of benzene rings is 3. The summed E-state index contributed by atoms with van der Waals surface area (Å²) in [5.74, 6) is -1.49. The second-order valence-corrected chi connectivity index (χ2v) is 12.3. The van der Waals surface area contributed by atoms with E-state index < -0.39 is 33.0 Å². The lowest BCUT2D eigenvalue weighted by Gasteiger charge is -2.32. The lowest BCUT2D eigenvalue weighted by atomic mass is 9.78. The Morgan fingerprint density at radius 1 is 0.953 bits per heavy atom. The lowest BCUT2D eigenvalue weighted by Crippen LogP contribution is -2.39. The van der Waals surface area contributed by atoms with Gasteiger partial charge in [-0.15, -0.1) is 0 Å². The van der Waals surface area contributed by atoms with Crippen LogP contribution in [-0.4, -0.2) is 53.3 Å². The minimum Gasteiger partial charge on any atom is -0.361 e. The third-order valence-electron chi connectivity index (χ3n) is 8.34. The van der Waals surface area contributed by atoms with E-state index in [9.17, 15) is 22.2 Å². The fourth-order valence-corrected chi connectivity index (χ4v) is 7.65. The molecule has 0 bridgehead atoms. The number of carbonyl (C=O) groups excluding carboxylic acids is 1. The molecule has 214 valence electrons. The molecule has 1 amide bonds. The van der Waals surface area contributed by atoms with Gasteiger partial charge in [-0.2, -0.15) is 13.4 Å². The summed E-state index contributed by atoms with van der Waals surface area (Å²) in [6.45, 7) is 1.84. The van der Waals surface area contributed by atoms with Crippen LogP contribution in [0, 0.1) is 5.82 Å². The molecule has 0 spiro atoms. The molecule has 2 N–H and O–H groups in total. The van der Waals surface area contributed by atoms with Crippen molar-refractivity contribution in [1.82, 2.24) is 4.98 Å². The van der Waals surface area contributed by atoms with Gasteiger partial charge in [-0.05, 0) is 62.5 Å². The van der Waals surface area contributed by atoms with Gasteiger partial charge in [0, 0.05) is 28.9 Å². The standard InChI is InChI=1S/C27H22FNO3S.C5H2N4O/c1-15-18-9-10-20-19-5-3-2-4-16(19)6-8-21(20)22(18)13-24(27(15)33(30,31)32)25-14-29-26-11-7-17(28)12-23(25)26;10-5-3-4(7-1-6-3)8-2-9-5/h2-3,5-15,24,27,29H,4H2,1H3,(H,30,31,32);1-2H. The third kappa shape index (κ3) is 4.57. The molecular formula is C32H24FN5O4S. The molecular weight excluding hydrogens is 569 g/mol. The van der Waals surface area contributed by atoms with Crippen molar-refractivity contribution in [2.45, 2.75) is 30.4 Å². The topological polar surface area (TPSA) is 137 Å². The van der Waals surface area contributed by atoms with E-state index in [4.69, 9.17) is 0 Å². The predicted molar refractivity (Wildman–Crippen MR) is 167 cm³/mol. The Balaban J connectivity index is 0.000000253. The van der Waals surface area contributed by atoms with Crippen molar-refractivity contribution in [1.29, 1.82) is 0 Å². The van der Waals surface area contributed by atoms with Gasteiger partial charge in [0.05, 0.1) is 0 Å². The summed E-state index contributed by atoms with van der Waals surface area (Å²) in [4.78, 5) is 28.4. The van der Waals surface area contributed by atoms with Crippen molar-refractivity contribution in [3.05, 3.63) is 93.8 Å². The molecule has 4 aliphatic rings. The number of aromatic nitrogens is 1. The largest absolute Gasteiger partial charge is 0.361 e. The molecule has 8 rings (SSSR count). The highest BCUT2D eigenvalue weighted by Crippen LogP contribution is 2.41. The van der Waals surface area contributed by atoms with Gasteiger partial charge in [0.15, 0.2) is 11.5 Å². The van der Waals surface area contributed by atoms with Crippen LogP contribution in [0.3, 0.4) is 0 Å². The average Bonchev–Trinajstić information content (AvgIpc) is 3.64. The fraction of sp³-hybridized carbons (Fsp3) is 0.156. The smallest absolute Gasteiger partial charge is 0.301 e. The molecule has 0 saturated carbocycles. The second kappa shape index (κ2) is 10.1. The maximum absolute atomic E-state index is 14.1. The van der Waals surface area contributed by atoms with Crippen LogP contribution in [0.5, 0.6) is 0 Å². The zero-order valence-corrected chi connectivity index (χ0v) is 23.6. The molecule has 43 heavy (non-hydrogen) atoms. The van der Waals surface area contributed by atoms with Gasteiger partial charge < -0.3 is 4.98 Å². The number of allylic oxidation sites excluding steroid dienone is 2. The van der Waals surface area contributed by atoms with Gasteiger partial charge in [-0.1, -0.05) is 55.5 Å². The van der Waals surface area contributed by atoms with E-state index in [0.717, 1.165) is 33.5 Å². The first-order valence-electron chi connectivity index (χ1n) is 13.6. The molecule has 11 heteroatoms. The van der Waals surface area contributed by atoms with Gasteiger partial charge in [0.25, 0.3) is 10.1 Å². The van der Waals surface area contributed by atoms with E-state index in [2.05, 4.69) is 61.4 Å². The highest BCUT2D eigenvalue weighted by Gasteiger charge is 2.41. The van der Waals surface area contributed by atoms with Crippen LogP contribution in [-0.2, 0) is 21.3 Å². The van der Waals surface area contributed by atoms with E-state index >= 15 is 0 Å². The third-order valence-corrected chi connectivity index (χ3v) is 9.73. The Kier molecular flexibility index (Phi) is 6.37. The first-order valence-corrected chi connectivity index (χ1v) is 15.1. The number of H-pyrrole nitrogens is 1. The highest BCUT2D eigenvalue weighted by atomic mass is 32.2. The molecule has 0 saturated heterocycles. The van der Waals surface area contributed by atoms with Crippen LogP contribution < -0.4 is 10.4 Å². The van der Waals surface area contributed by atoms with Crippen molar-refractivity contribution < 1.29 is 22.2 Å². The molecule has 3 heterocycles. The lowest BCUT2D eigenvalue weighted by molar-refractivity contribution is -0.111. The zero-order valence-electron chi connectivity index (χ0n) is 22.8. The monoisotopic (exact) mass is 593 g/mol. The number of aliphatic imine (C=N–C) groups is 4. The van der Waals surface area contributed by atoms with Gasteiger partial charge >= 0.3 is 5.91 Å². The van der Waals surface area contributed by atoms with Crippen LogP contribution in [0.4, 0.5) is 4.39 Å². The van der Waals surface area contributed by atoms with Crippen LogP contribution in [0.1, 0.15) is 35.4 Å². The molecule has 4 aromatic rings. The summed E-state index contributed by atoms with van der Waals surface area (Å²) in [6, 6.07) is 12.7. The Labute approximate surface area is 245 Å². The molecule has 2 aliphatic heterocycles. The number of nitrogens with zero attached hydrogens (tertiary/aromatic N) is 4. The molecule has 2 aliphatic carbocycles. The SMILES string of the molecule is CC1c2ccc3c4c(ccc3c2=CC(c2c[nH]c3ccc(F)cc23)C1S(=O)(=O)O)CC=CC=4.O=C1N=CN=C2N=CN=C12. The van der Waals surface area contributed by atoms with Crippen LogP contribution in [0.25, 0.3) is 33.8 Å². The van der Waals surface area contributed by atoms with Crippen molar-refractivity contribution in [3.63, 3.8) is 0 Å². The normalized spacial score (nSPS) is 21.7. The van der Waals surface area contributed by atoms with E-state index in [1.807, 2.05) is 19.1 Å². The molecule has 3 unspecified atom stereocenters. The van der Waals surface area contributed by atoms with Gasteiger partial charge in [-0.3, -0.25) is 9.35 Å². The molecule has 1 aromatic heterocycles. The number of halogens is 1. The zero-order chi connectivity index (χ0) is 29.9. The Bertz CT molecular complexity index is 2260. The number of hydrogen-bond acceptors (Lipinski definition) is 6. The number of carbonyl (C=O) groups is 1. The minimum atomic E-state index is -4.39. The number of nitrogens with one attached hydrogen (secondary N) is 1. The summed E-state index contributed by atoms with van der Waals surface area (Å²) >= 11 is 0. The molecule has 3 aromatic carbocycles. The Hall–Kier alpha value is -4.87. The van der Waals surface area contributed by atoms with E-state index in [0.29, 0.717) is 16.8 Å². The second-order valence-electron chi connectivity index (χ2n) is 10.7. The Morgan fingerprint density at radius 2 is 1.74 bits per heavy atom. The van der Waals surface area contributed by atoms with E-state index in [-0.39, 0.29) is 11.6 Å². The maximum atomic E-state index is 14.1. The van der Waals surface area contributed by atoms with Crippen molar-refractivity contribution in [3.8, 4) is 0 Å². The van der Waals surface area contributed by atoms with Crippen LogP contribution >= 0.6 is 0 Å². The fourth-order valence-electron chi connectivity index (χ4n) is 6.40. The number of aromatic amines is 1. The average molecular weight is 594 g/mol. The number of fused-ring (bicyclic) bond motifs is 7. The first-order chi connectivity index (χ1) is 20.7. The highest BCUT2D eigenvalue weighted by molar-refractivity contribution is 7.86. The van der Waals surface area contributed by atoms with Crippen molar-refractivity contribution in [2.24, 2.45) is 20.0 Å². The van der Waals surface area contributed by atoms with E-state index in [1.165, 1.54) is 35.6 Å².